The Morgan fingerprint density at radius 1 is 1.23 bits per heavy atom. The maximum absolute atomic E-state index is 13.1. The Bertz CT molecular complexity index is 680. The summed E-state index contributed by atoms with van der Waals surface area (Å²) in [5.74, 6) is 0.823. The fourth-order valence-corrected chi connectivity index (χ4v) is 3.66. The second-order valence-corrected chi connectivity index (χ2v) is 7.78. The summed E-state index contributed by atoms with van der Waals surface area (Å²) in [5, 5.41) is 0. The van der Waals surface area contributed by atoms with Crippen molar-refractivity contribution in [1.29, 1.82) is 0 Å². The number of benzene rings is 1. The summed E-state index contributed by atoms with van der Waals surface area (Å²) in [6.07, 6.45) is 0.556. The normalized spacial score (nSPS) is 20.4. The van der Waals surface area contributed by atoms with E-state index >= 15 is 0 Å². The number of hydrogen-bond donors (Lipinski definition) is 0. The van der Waals surface area contributed by atoms with E-state index in [-0.39, 0.29) is 17.9 Å². The average molecular weight is 360 g/mol. The highest BCUT2D eigenvalue weighted by molar-refractivity contribution is 5.82. The Morgan fingerprint density at radius 2 is 1.88 bits per heavy atom. The number of likely N-dealkylation sites (tertiary alicyclic amines) is 1. The van der Waals surface area contributed by atoms with Crippen molar-refractivity contribution in [1.82, 2.24) is 9.80 Å². The summed E-state index contributed by atoms with van der Waals surface area (Å²) in [7, 11) is 1.75. The van der Waals surface area contributed by atoms with Crippen molar-refractivity contribution in [3.8, 4) is 5.75 Å². The number of carbonyl (C=O) groups excluding carboxylic acids is 2. The highest BCUT2D eigenvalue weighted by Gasteiger charge is 2.47. The molecule has 0 saturated carbocycles. The third-order valence-electron chi connectivity index (χ3n) is 5.32. The molecule has 2 fully saturated rings. The minimum absolute atomic E-state index is 0.00998. The summed E-state index contributed by atoms with van der Waals surface area (Å²) < 4.78 is 11.7. The maximum atomic E-state index is 13.1. The number of aryl methyl sites for hydroxylation is 1. The van der Waals surface area contributed by atoms with Crippen molar-refractivity contribution in [2.45, 2.75) is 45.3 Å². The first kappa shape index (κ1) is 18.5. The lowest BCUT2D eigenvalue weighted by molar-refractivity contribution is -0.144. The van der Waals surface area contributed by atoms with Gasteiger partial charge in [-0.05, 0) is 24.5 Å². The van der Waals surface area contributed by atoms with Crippen LogP contribution in [0.15, 0.2) is 24.3 Å². The minimum atomic E-state index is -0.515. The molecule has 1 unspecified atom stereocenters. The standard InChI is InChI=1S/C20H28N2O4/c1-14(2)17(25-16-8-6-5-7-15(16)3)18(23)22-11-9-20(10-12-22)13-21(4)19(24)26-20/h5-8,14,17H,9-13H2,1-4H3. The van der Waals surface area contributed by atoms with E-state index < -0.39 is 11.7 Å². The highest BCUT2D eigenvalue weighted by Crippen LogP contribution is 2.33. The molecule has 6 nitrogen and oxygen atoms in total. The summed E-state index contributed by atoms with van der Waals surface area (Å²) in [5.41, 5.74) is 0.580. The predicted molar refractivity (Wildman–Crippen MR) is 98.1 cm³/mol. The van der Waals surface area contributed by atoms with E-state index in [4.69, 9.17) is 9.47 Å². The molecule has 2 aliphatic heterocycles. The monoisotopic (exact) mass is 360 g/mol. The summed E-state index contributed by atoms with van der Waals surface area (Å²) in [6, 6.07) is 7.75. The topological polar surface area (TPSA) is 59.1 Å². The molecule has 1 atom stereocenters. The van der Waals surface area contributed by atoms with E-state index in [9.17, 15) is 9.59 Å². The Morgan fingerprint density at radius 3 is 2.42 bits per heavy atom. The highest BCUT2D eigenvalue weighted by atomic mass is 16.6. The first-order valence-electron chi connectivity index (χ1n) is 9.26. The molecule has 6 heteroatoms. The van der Waals surface area contributed by atoms with Crippen LogP contribution in [0.25, 0.3) is 0 Å². The Balaban J connectivity index is 1.66. The van der Waals surface area contributed by atoms with Crippen LogP contribution in [0.2, 0.25) is 0 Å². The van der Waals surface area contributed by atoms with Crippen LogP contribution in [0.3, 0.4) is 0 Å². The van der Waals surface area contributed by atoms with Gasteiger partial charge in [0, 0.05) is 33.0 Å². The van der Waals surface area contributed by atoms with Crippen molar-refractivity contribution in [2.24, 2.45) is 5.92 Å². The van der Waals surface area contributed by atoms with Gasteiger partial charge in [-0.25, -0.2) is 4.79 Å². The predicted octanol–water partition coefficient (Wildman–Crippen LogP) is 2.84. The van der Waals surface area contributed by atoms with E-state index in [1.165, 1.54) is 0 Å². The van der Waals surface area contributed by atoms with Crippen LogP contribution in [0.1, 0.15) is 32.3 Å². The lowest BCUT2D eigenvalue weighted by Crippen LogP contribution is -2.52. The molecule has 0 N–H and O–H groups in total. The van der Waals surface area contributed by atoms with Gasteiger partial charge in [0.25, 0.3) is 5.91 Å². The zero-order valence-electron chi connectivity index (χ0n) is 16.0. The molecule has 3 rings (SSSR count). The van der Waals surface area contributed by atoms with Crippen LogP contribution in [-0.4, -0.2) is 60.2 Å². The van der Waals surface area contributed by atoms with Gasteiger partial charge in [0.2, 0.25) is 0 Å². The number of likely N-dealkylation sites (N-methyl/N-ethyl adjacent to an activating group) is 1. The van der Waals surface area contributed by atoms with Crippen LogP contribution in [-0.2, 0) is 9.53 Å². The van der Waals surface area contributed by atoms with Crippen molar-refractivity contribution < 1.29 is 19.1 Å². The van der Waals surface area contributed by atoms with Crippen LogP contribution < -0.4 is 4.74 Å². The molecule has 2 heterocycles. The van der Waals surface area contributed by atoms with Crippen molar-refractivity contribution in [2.75, 3.05) is 26.7 Å². The van der Waals surface area contributed by atoms with E-state index in [2.05, 4.69) is 0 Å². The molecule has 0 radical (unpaired) electrons. The summed E-state index contributed by atoms with van der Waals surface area (Å²) in [4.78, 5) is 28.2. The zero-order valence-corrected chi connectivity index (χ0v) is 16.0. The SMILES string of the molecule is Cc1ccccc1OC(C(=O)N1CCC2(CC1)CN(C)C(=O)O2)C(C)C. The number of carbonyl (C=O) groups is 2. The van der Waals surface area contributed by atoms with E-state index in [1.807, 2.05) is 49.9 Å². The van der Waals surface area contributed by atoms with Crippen LogP contribution in [0.5, 0.6) is 5.75 Å². The quantitative estimate of drug-likeness (QED) is 0.828. The molecule has 1 spiro atoms. The van der Waals surface area contributed by atoms with Crippen LogP contribution >= 0.6 is 0 Å². The third-order valence-corrected chi connectivity index (χ3v) is 5.32. The Labute approximate surface area is 155 Å². The molecular formula is C20H28N2O4. The summed E-state index contributed by atoms with van der Waals surface area (Å²) in [6.45, 7) is 7.74. The van der Waals surface area contributed by atoms with Gasteiger partial charge in [-0.3, -0.25) is 4.79 Å². The van der Waals surface area contributed by atoms with Gasteiger partial charge in [-0.2, -0.15) is 0 Å². The Hall–Kier alpha value is -2.24. The fourth-order valence-electron chi connectivity index (χ4n) is 3.66. The molecule has 2 saturated heterocycles. The minimum Gasteiger partial charge on any atom is -0.480 e. The van der Waals surface area contributed by atoms with Gasteiger partial charge in [0.15, 0.2) is 6.10 Å². The van der Waals surface area contributed by atoms with E-state index in [1.54, 1.807) is 11.9 Å². The largest absolute Gasteiger partial charge is 0.480 e. The fraction of sp³-hybridized carbons (Fsp3) is 0.600. The molecule has 0 aliphatic carbocycles. The third kappa shape index (κ3) is 3.64. The molecule has 142 valence electrons. The van der Waals surface area contributed by atoms with Gasteiger partial charge in [-0.1, -0.05) is 32.0 Å². The number of hydrogen-bond acceptors (Lipinski definition) is 4. The molecule has 26 heavy (non-hydrogen) atoms. The first-order valence-corrected chi connectivity index (χ1v) is 9.26. The number of nitrogens with zero attached hydrogens (tertiary/aromatic N) is 2. The summed E-state index contributed by atoms with van der Waals surface area (Å²) >= 11 is 0. The van der Waals surface area contributed by atoms with Crippen molar-refractivity contribution in [3.63, 3.8) is 0 Å². The van der Waals surface area contributed by atoms with Gasteiger partial charge in [0.1, 0.15) is 11.4 Å². The molecule has 0 bridgehead atoms. The molecule has 1 aromatic rings. The second-order valence-electron chi connectivity index (χ2n) is 7.78. The average Bonchev–Trinajstić information content (AvgIpc) is 2.87. The zero-order chi connectivity index (χ0) is 18.9. The smallest absolute Gasteiger partial charge is 0.410 e. The molecule has 1 aromatic carbocycles. The second kappa shape index (κ2) is 7.17. The Kier molecular flexibility index (Phi) is 5.12. The van der Waals surface area contributed by atoms with Crippen LogP contribution in [0.4, 0.5) is 4.79 Å². The molecule has 0 aromatic heterocycles. The van der Waals surface area contributed by atoms with Gasteiger partial charge < -0.3 is 19.3 Å². The van der Waals surface area contributed by atoms with Crippen LogP contribution in [0, 0.1) is 12.8 Å². The lowest BCUT2D eigenvalue weighted by atomic mass is 9.90. The van der Waals surface area contributed by atoms with Crippen molar-refractivity contribution >= 4 is 12.0 Å². The first-order chi connectivity index (χ1) is 12.3. The number of rotatable bonds is 4. The van der Waals surface area contributed by atoms with E-state index in [0.29, 0.717) is 32.5 Å². The number of ether oxygens (including phenoxy) is 2. The van der Waals surface area contributed by atoms with Gasteiger partial charge in [0.05, 0.1) is 6.54 Å². The number of amides is 2. The van der Waals surface area contributed by atoms with Gasteiger partial charge >= 0.3 is 6.09 Å². The van der Waals surface area contributed by atoms with Crippen molar-refractivity contribution in [3.05, 3.63) is 29.8 Å². The number of piperidine rings is 1. The number of para-hydroxylation sites is 1. The molecule has 2 aliphatic rings. The maximum Gasteiger partial charge on any atom is 0.410 e. The van der Waals surface area contributed by atoms with E-state index in [0.717, 1.165) is 11.3 Å². The molecular weight excluding hydrogens is 332 g/mol. The molecule has 2 amide bonds. The van der Waals surface area contributed by atoms with Gasteiger partial charge in [-0.15, -0.1) is 0 Å². The lowest BCUT2D eigenvalue weighted by Gasteiger charge is -2.39.